The van der Waals surface area contributed by atoms with Crippen LogP contribution in [0.4, 0.5) is 5.69 Å². The molecule has 2 rings (SSSR count). The zero-order valence-corrected chi connectivity index (χ0v) is 18.7. The topological polar surface area (TPSA) is 65.5 Å². The maximum atomic E-state index is 11.9. The van der Waals surface area contributed by atoms with Gasteiger partial charge in [0.2, 0.25) is 5.91 Å². The maximum Gasteiger partial charge on any atom is 0.225 e. The molecule has 0 fully saturated rings. The number of halogens is 1. The van der Waals surface area contributed by atoms with Crippen LogP contribution in [0.3, 0.4) is 0 Å². The van der Waals surface area contributed by atoms with Gasteiger partial charge in [-0.3, -0.25) is 9.79 Å². The summed E-state index contributed by atoms with van der Waals surface area (Å²) in [5, 5.41) is 9.67. The molecule has 1 aliphatic rings. The van der Waals surface area contributed by atoms with E-state index < -0.39 is 0 Å². The minimum absolute atomic E-state index is 0. The van der Waals surface area contributed by atoms with E-state index in [1.54, 1.807) is 7.05 Å². The number of rotatable bonds is 6. The molecule has 0 aliphatic carbocycles. The fraction of sp³-hybridized carbons (Fsp3) is 0.600. The van der Waals surface area contributed by atoms with Crippen molar-refractivity contribution in [1.82, 2.24) is 10.6 Å². The van der Waals surface area contributed by atoms with Crippen molar-refractivity contribution in [3.05, 3.63) is 29.8 Å². The van der Waals surface area contributed by atoms with Crippen LogP contribution in [0.15, 0.2) is 29.3 Å². The number of para-hydroxylation sites is 1. The zero-order chi connectivity index (χ0) is 18.3. The predicted molar refractivity (Wildman–Crippen MR) is 121 cm³/mol. The van der Waals surface area contributed by atoms with Gasteiger partial charge in [-0.05, 0) is 29.9 Å². The van der Waals surface area contributed by atoms with Crippen molar-refractivity contribution in [2.45, 2.75) is 52.4 Å². The zero-order valence-electron chi connectivity index (χ0n) is 16.4. The maximum absolute atomic E-state index is 11.9. The Kier molecular flexibility index (Phi) is 9.39. The lowest BCUT2D eigenvalue weighted by Gasteiger charge is -2.26. The molecule has 1 aromatic rings. The summed E-state index contributed by atoms with van der Waals surface area (Å²) in [5.74, 6) is 1.05. The summed E-state index contributed by atoms with van der Waals surface area (Å²) >= 11 is 0. The lowest BCUT2D eigenvalue weighted by atomic mass is 9.90. The highest BCUT2D eigenvalue weighted by Gasteiger charge is 2.24. The standard InChI is InChI=1S/C20H32N4O.HI/c1-20(2,3)11-7-8-12-22-19(21-4)23-14-15-13-18(25)24-17-10-6-5-9-16(15)17;/h5-6,9-10,15H,7-8,11-14H2,1-4H3,(H,24,25)(H2,21,22,23);1H. The number of benzene rings is 1. The first kappa shape index (κ1) is 22.7. The highest BCUT2D eigenvalue weighted by molar-refractivity contribution is 14.0. The quantitative estimate of drug-likeness (QED) is 0.253. The average molecular weight is 472 g/mol. The van der Waals surface area contributed by atoms with Crippen LogP contribution in [0.1, 0.15) is 57.9 Å². The molecule has 1 aliphatic heterocycles. The number of guanidine groups is 1. The Morgan fingerprint density at radius 1 is 1.23 bits per heavy atom. The molecule has 1 atom stereocenters. The van der Waals surface area contributed by atoms with Crippen LogP contribution in [-0.4, -0.2) is 32.0 Å². The van der Waals surface area contributed by atoms with Crippen molar-refractivity contribution >= 4 is 41.5 Å². The second-order valence-corrected chi connectivity index (χ2v) is 7.93. The number of aliphatic imine (C=N–C) groups is 1. The molecule has 1 heterocycles. The van der Waals surface area contributed by atoms with Crippen molar-refractivity contribution in [3.63, 3.8) is 0 Å². The van der Waals surface area contributed by atoms with E-state index in [1.807, 2.05) is 18.2 Å². The largest absolute Gasteiger partial charge is 0.356 e. The summed E-state index contributed by atoms with van der Waals surface area (Å²) in [6, 6.07) is 8.02. The predicted octanol–water partition coefficient (Wildman–Crippen LogP) is 4.11. The van der Waals surface area contributed by atoms with Gasteiger partial charge in [0.1, 0.15) is 0 Å². The molecule has 0 saturated carbocycles. The minimum Gasteiger partial charge on any atom is -0.356 e. The van der Waals surface area contributed by atoms with Crippen molar-refractivity contribution in [1.29, 1.82) is 0 Å². The first-order chi connectivity index (χ1) is 11.9. The van der Waals surface area contributed by atoms with E-state index in [2.05, 4.69) is 47.8 Å². The number of carbonyl (C=O) groups excluding carboxylic acids is 1. The molecule has 1 aromatic carbocycles. The van der Waals surface area contributed by atoms with Crippen LogP contribution in [0.25, 0.3) is 0 Å². The van der Waals surface area contributed by atoms with Crippen LogP contribution in [0.2, 0.25) is 0 Å². The van der Waals surface area contributed by atoms with Crippen molar-refractivity contribution in [3.8, 4) is 0 Å². The Hall–Kier alpha value is -1.31. The molecule has 0 radical (unpaired) electrons. The summed E-state index contributed by atoms with van der Waals surface area (Å²) < 4.78 is 0. The van der Waals surface area contributed by atoms with Crippen molar-refractivity contribution in [2.24, 2.45) is 10.4 Å². The first-order valence-corrected chi connectivity index (χ1v) is 9.22. The summed E-state index contributed by atoms with van der Waals surface area (Å²) in [7, 11) is 1.78. The van der Waals surface area contributed by atoms with Gasteiger partial charge < -0.3 is 16.0 Å². The Morgan fingerprint density at radius 2 is 1.96 bits per heavy atom. The van der Waals surface area contributed by atoms with Crippen molar-refractivity contribution in [2.75, 3.05) is 25.5 Å². The minimum atomic E-state index is 0. The van der Waals surface area contributed by atoms with Gasteiger partial charge in [0.25, 0.3) is 0 Å². The van der Waals surface area contributed by atoms with Gasteiger partial charge in [0, 0.05) is 38.2 Å². The molecule has 146 valence electrons. The summed E-state index contributed by atoms with van der Waals surface area (Å²) in [5.41, 5.74) is 2.51. The number of hydrogen-bond acceptors (Lipinski definition) is 2. The molecule has 26 heavy (non-hydrogen) atoms. The molecule has 3 N–H and O–H groups in total. The van der Waals surface area contributed by atoms with Gasteiger partial charge in [-0.1, -0.05) is 45.4 Å². The van der Waals surface area contributed by atoms with E-state index in [0.717, 1.165) is 24.6 Å². The molecule has 1 unspecified atom stereocenters. The molecule has 0 spiro atoms. The van der Waals surface area contributed by atoms with E-state index >= 15 is 0 Å². The van der Waals surface area contributed by atoms with Gasteiger partial charge in [0.15, 0.2) is 5.96 Å². The van der Waals surface area contributed by atoms with Crippen LogP contribution in [-0.2, 0) is 4.79 Å². The second-order valence-electron chi connectivity index (χ2n) is 7.93. The van der Waals surface area contributed by atoms with Gasteiger partial charge >= 0.3 is 0 Å². The van der Waals surface area contributed by atoms with E-state index in [1.165, 1.54) is 18.4 Å². The highest BCUT2D eigenvalue weighted by Crippen LogP contribution is 2.31. The SMILES string of the molecule is CN=C(NCCCCC(C)(C)C)NCC1CC(=O)Nc2ccccc21.I. The Balaban J connectivity index is 0.00000338. The van der Waals surface area contributed by atoms with E-state index in [4.69, 9.17) is 0 Å². The molecular formula is C20H33IN4O. The van der Waals surface area contributed by atoms with E-state index in [9.17, 15) is 4.79 Å². The summed E-state index contributed by atoms with van der Waals surface area (Å²) in [6.07, 6.45) is 4.08. The summed E-state index contributed by atoms with van der Waals surface area (Å²) in [4.78, 5) is 16.2. The molecule has 5 nitrogen and oxygen atoms in total. The number of amides is 1. The van der Waals surface area contributed by atoms with Crippen molar-refractivity contribution < 1.29 is 4.79 Å². The second kappa shape index (κ2) is 10.7. The van der Waals surface area contributed by atoms with Gasteiger partial charge in [-0.25, -0.2) is 0 Å². The number of nitrogens with zero attached hydrogens (tertiary/aromatic N) is 1. The number of carbonyl (C=O) groups is 1. The Morgan fingerprint density at radius 3 is 2.65 bits per heavy atom. The van der Waals surface area contributed by atoms with Crippen LogP contribution in [0.5, 0.6) is 0 Å². The number of nitrogens with one attached hydrogen (secondary N) is 3. The van der Waals surface area contributed by atoms with E-state index in [-0.39, 0.29) is 35.8 Å². The van der Waals surface area contributed by atoms with E-state index in [0.29, 0.717) is 18.4 Å². The smallest absolute Gasteiger partial charge is 0.225 e. The third-order valence-corrected chi connectivity index (χ3v) is 4.49. The molecule has 0 aromatic heterocycles. The fourth-order valence-electron chi connectivity index (χ4n) is 3.11. The van der Waals surface area contributed by atoms with Crippen LogP contribution < -0.4 is 16.0 Å². The highest BCUT2D eigenvalue weighted by atomic mass is 127. The average Bonchev–Trinajstić information content (AvgIpc) is 2.56. The first-order valence-electron chi connectivity index (χ1n) is 9.22. The number of fused-ring (bicyclic) bond motifs is 1. The van der Waals surface area contributed by atoms with Gasteiger partial charge in [0.05, 0.1) is 0 Å². The number of hydrogen-bond donors (Lipinski definition) is 3. The Bertz CT molecular complexity index is 610. The third-order valence-electron chi connectivity index (χ3n) is 4.49. The molecule has 0 bridgehead atoms. The molecule has 1 amide bonds. The lowest BCUT2D eigenvalue weighted by molar-refractivity contribution is -0.116. The third kappa shape index (κ3) is 7.51. The molecule has 6 heteroatoms. The van der Waals surface area contributed by atoms with Crippen LogP contribution in [0, 0.1) is 5.41 Å². The van der Waals surface area contributed by atoms with Gasteiger partial charge in [-0.15, -0.1) is 24.0 Å². The number of anilines is 1. The summed E-state index contributed by atoms with van der Waals surface area (Å²) in [6.45, 7) is 8.45. The fourth-order valence-corrected chi connectivity index (χ4v) is 3.11. The molecular weight excluding hydrogens is 439 g/mol. The monoisotopic (exact) mass is 472 g/mol. The normalized spacial score (nSPS) is 17.0. The Labute approximate surface area is 174 Å². The van der Waals surface area contributed by atoms with Crippen LogP contribution >= 0.6 is 24.0 Å². The lowest BCUT2D eigenvalue weighted by Crippen LogP contribution is -2.41. The molecule has 0 saturated heterocycles. The van der Waals surface area contributed by atoms with Gasteiger partial charge in [-0.2, -0.15) is 0 Å². The number of unbranched alkanes of at least 4 members (excludes halogenated alkanes) is 1.